The summed E-state index contributed by atoms with van der Waals surface area (Å²) in [5.74, 6) is 0.609. The predicted molar refractivity (Wildman–Crippen MR) is 63.9 cm³/mol. The summed E-state index contributed by atoms with van der Waals surface area (Å²) in [5.41, 5.74) is 6.74. The van der Waals surface area contributed by atoms with E-state index in [0.717, 1.165) is 5.56 Å². The van der Waals surface area contributed by atoms with Crippen LogP contribution in [-0.2, 0) is 0 Å². The molecule has 0 amide bonds. The van der Waals surface area contributed by atoms with Gasteiger partial charge in [-0.1, -0.05) is 17.7 Å². The van der Waals surface area contributed by atoms with Gasteiger partial charge < -0.3 is 15.6 Å². The summed E-state index contributed by atoms with van der Waals surface area (Å²) in [4.78, 5) is 0. The van der Waals surface area contributed by atoms with Crippen LogP contribution in [0.15, 0.2) is 18.2 Å². The number of benzene rings is 1. The zero-order valence-electron chi connectivity index (χ0n) is 8.44. The van der Waals surface area contributed by atoms with Crippen molar-refractivity contribution in [2.24, 2.45) is 5.73 Å². The topological polar surface area (TPSA) is 55.5 Å². The fraction of sp³-hybridized carbons (Fsp3) is 0.400. The highest BCUT2D eigenvalue weighted by Gasteiger charge is 2.08. The van der Waals surface area contributed by atoms with Gasteiger partial charge >= 0.3 is 0 Å². The lowest BCUT2D eigenvalue weighted by Crippen LogP contribution is -2.11. The van der Waals surface area contributed by atoms with Gasteiger partial charge in [-0.15, -0.1) is 12.4 Å². The maximum absolute atomic E-state index is 8.74. The van der Waals surface area contributed by atoms with Crippen LogP contribution in [0.25, 0.3) is 0 Å². The molecular formula is C10H15Cl2NO2. The Kier molecular flexibility index (Phi) is 6.68. The Hall–Kier alpha value is -0.480. The van der Waals surface area contributed by atoms with Crippen molar-refractivity contribution in [3.63, 3.8) is 0 Å². The molecule has 5 heteroatoms. The highest BCUT2D eigenvalue weighted by molar-refractivity contribution is 6.32. The summed E-state index contributed by atoms with van der Waals surface area (Å²) in [6, 6.07) is 5.20. The highest BCUT2D eigenvalue weighted by atomic mass is 35.5. The smallest absolute Gasteiger partial charge is 0.137 e. The van der Waals surface area contributed by atoms with Crippen molar-refractivity contribution >= 4 is 24.0 Å². The van der Waals surface area contributed by atoms with E-state index in [-0.39, 0.29) is 25.1 Å². The van der Waals surface area contributed by atoms with Gasteiger partial charge in [0.1, 0.15) is 5.75 Å². The molecule has 3 N–H and O–H groups in total. The van der Waals surface area contributed by atoms with Gasteiger partial charge in [-0.2, -0.15) is 0 Å². The van der Waals surface area contributed by atoms with Crippen molar-refractivity contribution in [1.29, 1.82) is 0 Å². The maximum atomic E-state index is 8.74. The number of nitrogens with two attached hydrogens (primary N) is 1. The lowest BCUT2D eigenvalue weighted by molar-refractivity contribution is 0.276. The quantitative estimate of drug-likeness (QED) is 0.863. The Labute approximate surface area is 101 Å². The second kappa shape index (κ2) is 6.90. The average Bonchev–Trinajstić information content (AvgIpc) is 2.19. The summed E-state index contributed by atoms with van der Waals surface area (Å²) < 4.78 is 5.06. The van der Waals surface area contributed by atoms with Gasteiger partial charge in [0.25, 0.3) is 0 Å². The first-order valence-electron chi connectivity index (χ1n) is 4.39. The van der Waals surface area contributed by atoms with E-state index in [0.29, 0.717) is 17.2 Å². The Balaban J connectivity index is 0.00000196. The van der Waals surface area contributed by atoms with Crippen LogP contribution in [0, 0.1) is 0 Å². The van der Waals surface area contributed by atoms with Crippen LogP contribution in [0.1, 0.15) is 18.0 Å². The van der Waals surface area contributed by atoms with Gasteiger partial charge in [0.05, 0.1) is 12.1 Å². The molecule has 0 aliphatic heterocycles. The largest absolute Gasteiger partial charge is 0.495 e. The van der Waals surface area contributed by atoms with Gasteiger partial charge in [-0.25, -0.2) is 0 Å². The summed E-state index contributed by atoms with van der Waals surface area (Å²) in [6.45, 7) is 0.0755. The molecule has 3 nitrogen and oxygen atoms in total. The van der Waals surface area contributed by atoms with Crippen LogP contribution in [0.2, 0.25) is 5.02 Å². The number of aliphatic hydroxyl groups is 1. The molecule has 15 heavy (non-hydrogen) atoms. The highest BCUT2D eigenvalue weighted by Crippen LogP contribution is 2.27. The van der Waals surface area contributed by atoms with Gasteiger partial charge in [-0.05, 0) is 24.1 Å². The molecule has 0 unspecified atom stereocenters. The second-order valence-corrected chi connectivity index (χ2v) is 3.42. The van der Waals surface area contributed by atoms with Crippen LogP contribution in [0.4, 0.5) is 0 Å². The number of halogens is 2. The van der Waals surface area contributed by atoms with Crippen molar-refractivity contribution in [2.45, 2.75) is 12.5 Å². The fourth-order valence-electron chi connectivity index (χ4n) is 1.21. The molecule has 86 valence electrons. The van der Waals surface area contributed by atoms with Crippen LogP contribution in [0.3, 0.4) is 0 Å². The van der Waals surface area contributed by atoms with Crippen LogP contribution in [-0.4, -0.2) is 18.8 Å². The molecule has 0 bridgehead atoms. The lowest BCUT2D eigenvalue weighted by atomic mass is 10.1. The summed E-state index contributed by atoms with van der Waals surface area (Å²) in [7, 11) is 1.56. The van der Waals surface area contributed by atoms with E-state index in [1.54, 1.807) is 19.2 Å². The molecule has 1 atom stereocenters. The first-order chi connectivity index (χ1) is 6.69. The third kappa shape index (κ3) is 3.87. The van der Waals surface area contributed by atoms with Crippen molar-refractivity contribution in [2.75, 3.05) is 13.7 Å². The Morgan fingerprint density at radius 2 is 2.20 bits per heavy atom. The summed E-state index contributed by atoms with van der Waals surface area (Å²) >= 11 is 5.86. The van der Waals surface area contributed by atoms with Crippen molar-refractivity contribution in [3.8, 4) is 5.75 Å². The van der Waals surface area contributed by atoms with Crippen LogP contribution >= 0.6 is 24.0 Å². The monoisotopic (exact) mass is 251 g/mol. The average molecular weight is 252 g/mol. The number of hydrogen-bond acceptors (Lipinski definition) is 3. The molecule has 0 saturated heterocycles. The van der Waals surface area contributed by atoms with Gasteiger partial charge in [0, 0.05) is 12.6 Å². The normalized spacial score (nSPS) is 11.7. The first-order valence-corrected chi connectivity index (χ1v) is 4.76. The third-order valence-electron chi connectivity index (χ3n) is 2.04. The number of methoxy groups -OCH3 is 1. The van der Waals surface area contributed by atoms with E-state index < -0.39 is 0 Å². The summed E-state index contributed by atoms with van der Waals surface area (Å²) in [6.07, 6.45) is 0.533. The Morgan fingerprint density at radius 3 is 2.73 bits per heavy atom. The SMILES string of the molecule is COc1cc([C@@H](N)CCO)ccc1Cl.Cl. The number of aliphatic hydroxyl groups excluding tert-OH is 1. The Morgan fingerprint density at radius 1 is 1.53 bits per heavy atom. The van der Waals surface area contributed by atoms with E-state index in [9.17, 15) is 0 Å². The third-order valence-corrected chi connectivity index (χ3v) is 2.36. The van der Waals surface area contributed by atoms with E-state index in [2.05, 4.69) is 0 Å². The van der Waals surface area contributed by atoms with Crippen LogP contribution < -0.4 is 10.5 Å². The molecule has 0 fully saturated rings. The minimum atomic E-state index is -0.175. The predicted octanol–water partition coefficient (Wildman–Crippen LogP) is 2.15. The van der Waals surface area contributed by atoms with Crippen molar-refractivity contribution in [3.05, 3.63) is 28.8 Å². The van der Waals surface area contributed by atoms with Crippen LogP contribution in [0.5, 0.6) is 5.75 Å². The van der Waals surface area contributed by atoms with E-state index in [1.165, 1.54) is 0 Å². The molecule has 1 rings (SSSR count). The zero-order chi connectivity index (χ0) is 10.6. The van der Waals surface area contributed by atoms with Crippen molar-refractivity contribution in [1.82, 2.24) is 0 Å². The fourth-order valence-corrected chi connectivity index (χ4v) is 1.41. The van der Waals surface area contributed by atoms with E-state index >= 15 is 0 Å². The molecule has 1 aromatic carbocycles. The molecule has 0 aliphatic rings. The standard InChI is InChI=1S/C10H14ClNO2.ClH/c1-14-10-6-7(2-3-8(10)11)9(12)4-5-13;/h2-3,6,9,13H,4-5,12H2,1H3;1H/t9-;/m0./s1. The zero-order valence-corrected chi connectivity index (χ0v) is 10.0. The molecule has 0 radical (unpaired) electrons. The maximum Gasteiger partial charge on any atom is 0.137 e. The molecule has 0 aromatic heterocycles. The molecule has 1 aromatic rings. The molecule has 0 aliphatic carbocycles. The van der Waals surface area contributed by atoms with Gasteiger partial charge in [-0.3, -0.25) is 0 Å². The number of hydrogen-bond donors (Lipinski definition) is 2. The molecular weight excluding hydrogens is 237 g/mol. The minimum absolute atomic E-state index is 0. The van der Waals surface area contributed by atoms with E-state index in [4.69, 9.17) is 27.2 Å². The van der Waals surface area contributed by atoms with Crippen molar-refractivity contribution < 1.29 is 9.84 Å². The molecule has 0 spiro atoms. The summed E-state index contributed by atoms with van der Waals surface area (Å²) in [5, 5.41) is 9.30. The Bertz CT molecular complexity index is 307. The van der Waals surface area contributed by atoms with E-state index in [1.807, 2.05) is 6.07 Å². The first kappa shape index (κ1) is 14.5. The number of ether oxygens (including phenoxy) is 1. The second-order valence-electron chi connectivity index (χ2n) is 3.01. The number of rotatable bonds is 4. The minimum Gasteiger partial charge on any atom is -0.495 e. The molecule has 0 saturated carbocycles. The van der Waals surface area contributed by atoms with Gasteiger partial charge in [0.2, 0.25) is 0 Å². The van der Waals surface area contributed by atoms with Gasteiger partial charge in [0.15, 0.2) is 0 Å². The molecule has 0 heterocycles. The lowest BCUT2D eigenvalue weighted by Gasteiger charge is -2.12.